The maximum atomic E-state index is 14.3. The number of nitrogens with zero attached hydrogens (tertiary/aromatic N) is 5. The van der Waals surface area contributed by atoms with E-state index in [0.717, 1.165) is 22.9 Å². The summed E-state index contributed by atoms with van der Waals surface area (Å²) in [4.78, 5) is 19.7. The lowest BCUT2D eigenvalue weighted by atomic mass is 10.0. The Kier molecular flexibility index (Phi) is 8.06. The van der Waals surface area contributed by atoms with Crippen LogP contribution >= 0.6 is 0 Å². The summed E-state index contributed by atoms with van der Waals surface area (Å²) in [5, 5.41) is 10.2. The third-order valence-corrected chi connectivity index (χ3v) is 8.08. The number of halogens is 2. The van der Waals surface area contributed by atoms with E-state index in [2.05, 4.69) is 19.9 Å². The number of aromatic nitrogens is 3. The third kappa shape index (κ3) is 6.58. The number of methoxy groups -OCH3 is 1. The van der Waals surface area contributed by atoms with Crippen molar-refractivity contribution in [3.05, 3.63) is 66.5 Å². The van der Waals surface area contributed by atoms with Gasteiger partial charge in [0, 0.05) is 54.8 Å². The molecule has 43 heavy (non-hydrogen) atoms. The molecule has 4 aromatic rings. The number of benzene rings is 2. The van der Waals surface area contributed by atoms with E-state index < -0.39 is 32.2 Å². The van der Waals surface area contributed by atoms with Crippen LogP contribution in [0.4, 0.5) is 25.1 Å². The van der Waals surface area contributed by atoms with Gasteiger partial charge in [0.1, 0.15) is 27.8 Å². The molecule has 1 amide bonds. The Hall–Kier alpha value is -4.59. The number of rotatable bonds is 6. The highest BCUT2D eigenvalue weighted by Crippen LogP contribution is 2.34. The molecule has 14 heteroatoms. The molecular weight excluding hydrogens is 582 g/mol. The van der Waals surface area contributed by atoms with Gasteiger partial charge in [-0.2, -0.15) is 5.10 Å². The highest BCUT2D eigenvalue weighted by Gasteiger charge is 2.27. The lowest BCUT2D eigenvalue weighted by Crippen LogP contribution is -2.50. The fourth-order valence-electron chi connectivity index (χ4n) is 4.64. The number of carbonyl (C=O) groups excluding carboxylic acids is 1. The van der Waals surface area contributed by atoms with Crippen LogP contribution in [0.2, 0.25) is 0 Å². The first-order chi connectivity index (χ1) is 20.3. The molecule has 1 aliphatic rings. The van der Waals surface area contributed by atoms with Crippen LogP contribution in [-0.2, 0) is 14.8 Å². The third-order valence-electron chi connectivity index (χ3n) is 6.68. The van der Waals surface area contributed by atoms with E-state index >= 15 is 0 Å². The maximum absolute atomic E-state index is 14.3. The van der Waals surface area contributed by atoms with Gasteiger partial charge in [-0.05, 0) is 50.6 Å². The minimum Gasteiger partial charge on any atom is -0.480 e. The summed E-state index contributed by atoms with van der Waals surface area (Å²) in [5.41, 5.74) is 0.615. The summed E-state index contributed by atoms with van der Waals surface area (Å²) in [6.45, 7) is 7.42. The molecule has 1 saturated heterocycles. The number of pyridine rings is 1. The van der Waals surface area contributed by atoms with Crippen molar-refractivity contribution in [2.75, 3.05) is 42.9 Å². The average molecular weight is 613 g/mol. The Balaban J connectivity index is 1.43. The summed E-state index contributed by atoms with van der Waals surface area (Å²) < 4.78 is 66.6. The van der Waals surface area contributed by atoms with Crippen molar-refractivity contribution in [1.29, 1.82) is 0 Å². The second-order valence-corrected chi connectivity index (χ2v) is 12.5. The Morgan fingerprint density at radius 2 is 1.72 bits per heavy atom. The summed E-state index contributed by atoms with van der Waals surface area (Å²) in [6.07, 6.45) is 2.80. The molecule has 0 bridgehead atoms. The number of anilines is 2. The smallest absolute Gasteiger partial charge is 0.410 e. The predicted molar refractivity (Wildman–Crippen MR) is 157 cm³/mol. The van der Waals surface area contributed by atoms with Crippen LogP contribution in [0.25, 0.3) is 21.9 Å². The van der Waals surface area contributed by atoms with Crippen LogP contribution in [0.3, 0.4) is 0 Å². The molecule has 2 aromatic carbocycles. The van der Waals surface area contributed by atoms with E-state index in [1.807, 2.05) is 43.9 Å². The van der Waals surface area contributed by atoms with Gasteiger partial charge in [0.05, 0.1) is 13.3 Å². The van der Waals surface area contributed by atoms with E-state index in [4.69, 9.17) is 9.47 Å². The normalized spacial score (nSPS) is 14.1. The molecule has 0 radical (unpaired) electrons. The van der Waals surface area contributed by atoms with Crippen LogP contribution in [0.1, 0.15) is 20.8 Å². The molecule has 0 unspecified atom stereocenters. The minimum absolute atomic E-state index is 0.0323. The van der Waals surface area contributed by atoms with Crippen molar-refractivity contribution < 1.29 is 31.5 Å². The number of piperazine rings is 1. The molecule has 0 aliphatic carbocycles. The number of amides is 1. The molecule has 0 atom stereocenters. The molecule has 3 heterocycles. The van der Waals surface area contributed by atoms with Crippen molar-refractivity contribution >= 4 is 38.4 Å². The summed E-state index contributed by atoms with van der Waals surface area (Å²) in [5.74, 6) is -1.53. The van der Waals surface area contributed by atoms with E-state index in [9.17, 15) is 22.0 Å². The first-order valence-electron chi connectivity index (χ1n) is 13.4. The van der Waals surface area contributed by atoms with Gasteiger partial charge in [-0.3, -0.25) is 4.72 Å². The van der Waals surface area contributed by atoms with Crippen molar-refractivity contribution in [2.45, 2.75) is 31.3 Å². The SMILES string of the molecule is COc1ncc(-c2ccc3cnnc(N4CCN(C(=O)OC(C)(C)C)CC4)c3c2)cc1NS(=O)(=O)c1ccc(F)cc1F. The van der Waals surface area contributed by atoms with Gasteiger partial charge >= 0.3 is 6.09 Å². The number of carbonyl (C=O) groups is 1. The van der Waals surface area contributed by atoms with Crippen LogP contribution < -0.4 is 14.4 Å². The second-order valence-electron chi connectivity index (χ2n) is 10.9. The molecule has 1 N–H and O–H groups in total. The largest absolute Gasteiger partial charge is 0.480 e. The van der Waals surface area contributed by atoms with Crippen LogP contribution in [0.15, 0.2) is 59.8 Å². The number of ether oxygens (including phenoxy) is 2. The Bertz CT molecular complexity index is 1790. The molecule has 2 aromatic heterocycles. The van der Waals surface area contributed by atoms with Gasteiger partial charge in [0.2, 0.25) is 5.88 Å². The fraction of sp³-hybridized carbons (Fsp3) is 0.310. The first kappa shape index (κ1) is 29.9. The summed E-state index contributed by atoms with van der Waals surface area (Å²) in [7, 11) is -3.12. The van der Waals surface area contributed by atoms with Gasteiger partial charge in [-0.25, -0.2) is 27.0 Å². The summed E-state index contributed by atoms with van der Waals surface area (Å²) in [6, 6.07) is 9.29. The van der Waals surface area contributed by atoms with Crippen molar-refractivity contribution in [3.63, 3.8) is 0 Å². The zero-order chi connectivity index (χ0) is 30.9. The molecule has 1 aliphatic heterocycles. The van der Waals surface area contributed by atoms with Gasteiger partial charge in [-0.15, -0.1) is 5.10 Å². The summed E-state index contributed by atoms with van der Waals surface area (Å²) >= 11 is 0. The van der Waals surface area contributed by atoms with Gasteiger partial charge < -0.3 is 19.3 Å². The monoisotopic (exact) mass is 612 g/mol. The van der Waals surface area contributed by atoms with Gasteiger partial charge in [0.15, 0.2) is 5.82 Å². The van der Waals surface area contributed by atoms with Crippen molar-refractivity contribution in [2.24, 2.45) is 0 Å². The van der Waals surface area contributed by atoms with E-state index in [0.29, 0.717) is 49.2 Å². The Morgan fingerprint density at radius 3 is 2.40 bits per heavy atom. The number of hydrogen-bond acceptors (Lipinski definition) is 9. The Labute approximate surface area is 247 Å². The zero-order valence-electron chi connectivity index (χ0n) is 24.0. The number of sulfonamides is 1. The fourth-order valence-corrected chi connectivity index (χ4v) is 5.75. The molecular formula is C29H30F2N6O5S. The molecule has 0 saturated carbocycles. The van der Waals surface area contributed by atoms with Gasteiger partial charge in [-0.1, -0.05) is 12.1 Å². The second kappa shape index (κ2) is 11.6. The standard InChI is InChI=1S/C29H30F2N6O5S/c1-29(2,3)42-28(38)37-11-9-36(10-12-37)26-22-13-18(5-6-19(22)17-33-34-26)20-14-24(27(41-4)32-16-20)35-43(39,40)25-8-7-21(30)15-23(25)31/h5-8,13-17,35H,9-12H2,1-4H3. The molecule has 11 nitrogen and oxygen atoms in total. The Morgan fingerprint density at radius 1 is 0.977 bits per heavy atom. The highest BCUT2D eigenvalue weighted by molar-refractivity contribution is 7.92. The minimum atomic E-state index is -4.44. The molecule has 0 spiro atoms. The van der Waals surface area contributed by atoms with E-state index in [1.54, 1.807) is 11.1 Å². The van der Waals surface area contributed by atoms with E-state index in [1.165, 1.54) is 19.4 Å². The number of nitrogens with one attached hydrogen (secondary N) is 1. The topological polar surface area (TPSA) is 127 Å². The van der Waals surface area contributed by atoms with Gasteiger partial charge in [0.25, 0.3) is 10.0 Å². The highest BCUT2D eigenvalue weighted by atomic mass is 32.2. The predicted octanol–water partition coefficient (Wildman–Crippen LogP) is 4.84. The lowest BCUT2D eigenvalue weighted by Gasteiger charge is -2.36. The molecule has 226 valence electrons. The van der Waals surface area contributed by atoms with Crippen LogP contribution in [-0.4, -0.2) is 73.5 Å². The van der Waals surface area contributed by atoms with Crippen LogP contribution in [0, 0.1) is 11.6 Å². The van der Waals surface area contributed by atoms with Crippen LogP contribution in [0.5, 0.6) is 5.88 Å². The van der Waals surface area contributed by atoms with E-state index in [-0.39, 0.29) is 17.7 Å². The molecule has 5 rings (SSSR count). The maximum Gasteiger partial charge on any atom is 0.410 e. The van der Waals surface area contributed by atoms with Crippen molar-refractivity contribution in [1.82, 2.24) is 20.1 Å². The van der Waals surface area contributed by atoms with Crippen molar-refractivity contribution in [3.8, 4) is 17.0 Å². The first-order valence-corrected chi connectivity index (χ1v) is 14.8. The zero-order valence-corrected chi connectivity index (χ0v) is 24.8. The number of fused-ring (bicyclic) bond motifs is 1. The number of hydrogen-bond donors (Lipinski definition) is 1. The average Bonchev–Trinajstić information content (AvgIpc) is 2.95. The lowest BCUT2D eigenvalue weighted by molar-refractivity contribution is 0.0240. The molecule has 1 fully saturated rings. The quantitative estimate of drug-likeness (QED) is 0.326.